The molecule has 0 atom stereocenters. The van der Waals surface area contributed by atoms with Crippen LogP contribution in [0.4, 0.5) is 0 Å². The maximum Gasteiger partial charge on any atom is 2.00 e. The van der Waals surface area contributed by atoms with E-state index in [0.29, 0.717) is 6.42 Å². The van der Waals surface area contributed by atoms with Crippen molar-refractivity contribution in [3.8, 4) is 0 Å². The minimum absolute atomic E-state index is 0. The Morgan fingerprint density at radius 2 is 1.42 bits per heavy atom. The summed E-state index contributed by atoms with van der Waals surface area (Å²) in [5.74, 6) is -2.56. The minimum atomic E-state index is -4.09. The van der Waals surface area contributed by atoms with Crippen LogP contribution in [0.5, 0.6) is 0 Å². The molecule has 0 rings (SSSR count). The van der Waals surface area contributed by atoms with Crippen LogP contribution < -0.4 is 0 Å². The number of carbonyl (C=O) groups excluding carboxylic acids is 3. The summed E-state index contributed by atoms with van der Waals surface area (Å²) in [5, 5.41) is 0. The van der Waals surface area contributed by atoms with Crippen molar-refractivity contribution < 1.29 is 44.4 Å². The van der Waals surface area contributed by atoms with E-state index in [-0.39, 0.29) is 76.1 Å². The molecule has 0 aliphatic rings. The Morgan fingerprint density at radius 1 is 0.935 bits per heavy atom. The van der Waals surface area contributed by atoms with E-state index in [9.17, 15) is 22.8 Å². The van der Waals surface area contributed by atoms with E-state index in [2.05, 4.69) is 13.2 Å². The van der Waals surface area contributed by atoms with Gasteiger partial charge in [0.2, 0.25) is 0 Å². The Kier molecular flexibility index (Phi) is 15.8. The zero-order valence-electron chi connectivity index (χ0n) is 20.6. The molecular weight excluding hydrogens is 441 g/mol. The molecule has 0 spiro atoms. The fraction of sp³-hybridized carbons (Fsp3) is 0.650. The zero-order valence-corrected chi connectivity index (χ0v) is 20.8. The topological polar surface area (TPSA) is 133 Å². The third-order valence-corrected chi connectivity index (χ3v) is 4.93. The van der Waals surface area contributed by atoms with E-state index in [1.807, 2.05) is 6.92 Å². The molecule has 0 bridgehead atoms. The molecule has 0 radical (unpaired) electrons. The molecule has 0 aromatic rings. The molecule has 0 unspecified atom stereocenters. The summed E-state index contributed by atoms with van der Waals surface area (Å²) in [6.07, 6.45) is 1.84. The standard InChI is InChI=1S/C20H32O9S.Mg.2H/c1-6-7-10-20(13-28-17(21)15(2)3,14-29-18(22)16(4)5)19(23)27-11-8-9-12-30(24,25)26;;;/h2,4,6-14H2,1,3,5H3,(H,24,25,26);;;/q;+2;2*-1. The predicted molar refractivity (Wildman–Crippen MR) is 118 cm³/mol. The van der Waals surface area contributed by atoms with Gasteiger partial charge in [0.05, 0.1) is 12.4 Å². The first-order valence-corrected chi connectivity index (χ1v) is 11.2. The van der Waals surface area contributed by atoms with E-state index in [0.717, 1.165) is 6.42 Å². The van der Waals surface area contributed by atoms with Crippen LogP contribution in [0.3, 0.4) is 0 Å². The molecular formula is C20H34MgO9S. The number of hydrogen-bond acceptors (Lipinski definition) is 8. The second-order valence-electron chi connectivity index (χ2n) is 7.23. The summed E-state index contributed by atoms with van der Waals surface area (Å²) < 4.78 is 45.9. The zero-order chi connectivity index (χ0) is 23.4. The number of ether oxygens (including phenoxy) is 3. The van der Waals surface area contributed by atoms with Crippen LogP contribution in [-0.4, -0.2) is 79.5 Å². The largest absolute Gasteiger partial charge is 2.00 e. The van der Waals surface area contributed by atoms with Gasteiger partial charge in [0.25, 0.3) is 10.1 Å². The van der Waals surface area contributed by atoms with Crippen LogP contribution in [0.25, 0.3) is 0 Å². The van der Waals surface area contributed by atoms with Crippen molar-refractivity contribution in [2.24, 2.45) is 5.41 Å². The van der Waals surface area contributed by atoms with E-state index in [1.54, 1.807) is 0 Å². The van der Waals surface area contributed by atoms with Crippen molar-refractivity contribution in [2.45, 2.75) is 52.9 Å². The molecule has 0 heterocycles. The van der Waals surface area contributed by atoms with Gasteiger partial charge in [-0.15, -0.1) is 0 Å². The maximum absolute atomic E-state index is 12.9. The van der Waals surface area contributed by atoms with Crippen molar-refractivity contribution in [1.29, 1.82) is 0 Å². The first kappa shape index (κ1) is 31.8. The van der Waals surface area contributed by atoms with Gasteiger partial charge in [-0.1, -0.05) is 32.9 Å². The molecule has 0 fully saturated rings. The molecule has 0 aliphatic heterocycles. The number of unbranched alkanes of at least 4 members (excludes halogenated alkanes) is 2. The third kappa shape index (κ3) is 13.6. The molecule has 0 aromatic heterocycles. The number of hydrogen-bond donors (Lipinski definition) is 1. The second kappa shape index (κ2) is 15.4. The molecule has 31 heavy (non-hydrogen) atoms. The maximum atomic E-state index is 12.9. The molecule has 0 saturated carbocycles. The van der Waals surface area contributed by atoms with Gasteiger partial charge in [0.1, 0.15) is 18.6 Å². The molecule has 0 aliphatic carbocycles. The van der Waals surface area contributed by atoms with Crippen LogP contribution in [0, 0.1) is 5.41 Å². The number of carbonyl (C=O) groups is 3. The predicted octanol–water partition coefficient (Wildman–Crippen LogP) is 2.46. The summed E-state index contributed by atoms with van der Waals surface area (Å²) in [4.78, 5) is 36.6. The Labute approximate surface area is 203 Å². The van der Waals surface area contributed by atoms with Gasteiger partial charge in [0.15, 0.2) is 0 Å². The third-order valence-electron chi connectivity index (χ3n) is 4.13. The molecule has 1 N–H and O–H groups in total. The van der Waals surface area contributed by atoms with Gasteiger partial charge in [-0.3, -0.25) is 9.35 Å². The van der Waals surface area contributed by atoms with Crippen LogP contribution in [0.15, 0.2) is 24.3 Å². The molecule has 176 valence electrons. The van der Waals surface area contributed by atoms with Gasteiger partial charge in [0, 0.05) is 11.1 Å². The molecule has 0 aromatic carbocycles. The van der Waals surface area contributed by atoms with Crippen LogP contribution in [-0.2, 0) is 38.7 Å². The first-order chi connectivity index (χ1) is 13.8. The monoisotopic (exact) mass is 474 g/mol. The summed E-state index contributed by atoms with van der Waals surface area (Å²) in [6.45, 7) is 11.0. The Balaban J connectivity index is -0.00000140. The Bertz CT molecular complexity index is 725. The fourth-order valence-electron chi connectivity index (χ4n) is 2.28. The Hall–Kier alpha value is -1.43. The first-order valence-electron chi connectivity index (χ1n) is 9.62. The van der Waals surface area contributed by atoms with Gasteiger partial charge >= 0.3 is 41.0 Å². The summed E-state index contributed by atoms with van der Waals surface area (Å²) in [6, 6.07) is 0. The van der Waals surface area contributed by atoms with Gasteiger partial charge in [-0.2, -0.15) is 8.42 Å². The molecule has 9 nitrogen and oxygen atoms in total. The number of rotatable bonds is 15. The minimum Gasteiger partial charge on any atom is -1.00 e. The second-order valence-corrected chi connectivity index (χ2v) is 8.80. The van der Waals surface area contributed by atoms with Gasteiger partial charge < -0.3 is 17.1 Å². The fourth-order valence-corrected chi connectivity index (χ4v) is 2.85. The van der Waals surface area contributed by atoms with Crippen LogP contribution in [0.2, 0.25) is 0 Å². The smallest absolute Gasteiger partial charge is 1.00 e. The average Bonchev–Trinajstić information content (AvgIpc) is 2.65. The normalized spacial score (nSPS) is 11.1. The van der Waals surface area contributed by atoms with Crippen molar-refractivity contribution in [1.82, 2.24) is 0 Å². The van der Waals surface area contributed by atoms with Gasteiger partial charge in [-0.25, -0.2) is 9.59 Å². The Morgan fingerprint density at radius 3 is 1.81 bits per heavy atom. The van der Waals surface area contributed by atoms with Crippen molar-refractivity contribution in [2.75, 3.05) is 25.6 Å². The van der Waals surface area contributed by atoms with Crippen LogP contribution in [0.1, 0.15) is 55.7 Å². The summed E-state index contributed by atoms with van der Waals surface area (Å²) >= 11 is 0. The van der Waals surface area contributed by atoms with Crippen molar-refractivity contribution >= 4 is 51.1 Å². The molecule has 0 amide bonds. The van der Waals surface area contributed by atoms with E-state index < -0.39 is 39.2 Å². The van der Waals surface area contributed by atoms with Gasteiger partial charge in [-0.05, 0) is 33.1 Å². The molecule has 0 saturated heterocycles. The summed E-state index contributed by atoms with van der Waals surface area (Å²) in [5.41, 5.74) is -1.12. The summed E-state index contributed by atoms with van der Waals surface area (Å²) in [7, 11) is -4.09. The van der Waals surface area contributed by atoms with Crippen molar-refractivity contribution in [3.63, 3.8) is 0 Å². The van der Waals surface area contributed by atoms with Crippen molar-refractivity contribution in [3.05, 3.63) is 24.3 Å². The quantitative estimate of drug-likeness (QED) is 0.0948. The van der Waals surface area contributed by atoms with Crippen LogP contribution >= 0.6 is 0 Å². The average molecular weight is 475 g/mol. The van der Waals surface area contributed by atoms with E-state index in [4.69, 9.17) is 18.8 Å². The van der Waals surface area contributed by atoms with E-state index in [1.165, 1.54) is 13.8 Å². The number of esters is 3. The van der Waals surface area contributed by atoms with E-state index >= 15 is 0 Å². The molecule has 11 heteroatoms. The SMILES string of the molecule is C=C(C)C(=O)OCC(CCCC)(COC(=O)C(=C)C)C(=O)OCCCCS(=O)(=O)O.[H-].[H-].[Mg+2].